The Labute approximate surface area is 139 Å². The lowest BCUT2D eigenvalue weighted by Crippen LogP contribution is -2.26. The summed E-state index contributed by atoms with van der Waals surface area (Å²) < 4.78 is 1.41. The molecule has 116 valence electrons. The van der Waals surface area contributed by atoms with Gasteiger partial charge in [-0.1, -0.05) is 72.3 Å². The summed E-state index contributed by atoms with van der Waals surface area (Å²) >= 11 is 6.13. The molecule has 1 heterocycles. The normalized spacial score (nSPS) is 10.5. The molecule has 0 bridgehead atoms. The van der Waals surface area contributed by atoms with E-state index in [9.17, 15) is 4.79 Å². The van der Waals surface area contributed by atoms with E-state index in [1.165, 1.54) is 10.9 Å². The van der Waals surface area contributed by atoms with Crippen molar-refractivity contribution in [3.63, 3.8) is 0 Å². The third-order valence-corrected chi connectivity index (χ3v) is 3.77. The highest BCUT2D eigenvalue weighted by Gasteiger charge is 2.10. The fourth-order valence-corrected chi connectivity index (χ4v) is 2.48. The van der Waals surface area contributed by atoms with E-state index in [0.717, 1.165) is 11.1 Å². The Kier molecular flexibility index (Phi) is 4.74. The SMILES string of the molecule is O=c1c(NCc2ccccc2)c(Cl)cnn1Cc1ccccc1. The summed E-state index contributed by atoms with van der Waals surface area (Å²) in [6.07, 6.45) is 1.50. The molecule has 0 aliphatic rings. The predicted octanol–water partition coefficient (Wildman–Crippen LogP) is 3.56. The maximum absolute atomic E-state index is 12.6. The number of hydrogen-bond acceptors (Lipinski definition) is 3. The van der Waals surface area contributed by atoms with Crippen molar-refractivity contribution in [3.8, 4) is 0 Å². The summed E-state index contributed by atoms with van der Waals surface area (Å²) in [5, 5.41) is 7.57. The maximum atomic E-state index is 12.6. The molecule has 5 heteroatoms. The van der Waals surface area contributed by atoms with Crippen LogP contribution in [0.3, 0.4) is 0 Å². The first-order valence-corrected chi connectivity index (χ1v) is 7.69. The summed E-state index contributed by atoms with van der Waals surface area (Å²) in [4.78, 5) is 12.6. The van der Waals surface area contributed by atoms with Gasteiger partial charge in [-0.05, 0) is 11.1 Å². The van der Waals surface area contributed by atoms with Crippen LogP contribution in [0.15, 0.2) is 71.7 Å². The number of benzene rings is 2. The van der Waals surface area contributed by atoms with Gasteiger partial charge in [0.1, 0.15) is 5.69 Å². The highest BCUT2D eigenvalue weighted by Crippen LogP contribution is 2.16. The van der Waals surface area contributed by atoms with Crippen molar-refractivity contribution in [2.75, 3.05) is 5.32 Å². The van der Waals surface area contributed by atoms with Crippen LogP contribution < -0.4 is 10.9 Å². The lowest BCUT2D eigenvalue weighted by atomic mass is 10.2. The molecule has 2 aromatic carbocycles. The van der Waals surface area contributed by atoms with Gasteiger partial charge in [0.25, 0.3) is 5.56 Å². The average Bonchev–Trinajstić information content (AvgIpc) is 2.59. The van der Waals surface area contributed by atoms with Crippen molar-refractivity contribution in [2.45, 2.75) is 13.1 Å². The van der Waals surface area contributed by atoms with Gasteiger partial charge >= 0.3 is 0 Å². The summed E-state index contributed by atoms with van der Waals surface area (Å²) in [5.41, 5.74) is 2.24. The van der Waals surface area contributed by atoms with E-state index >= 15 is 0 Å². The second kappa shape index (κ2) is 7.11. The van der Waals surface area contributed by atoms with Gasteiger partial charge in [0.15, 0.2) is 0 Å². The molecule has 0 spiro atoms. The van der Waals surface area contributed by atoms with E-state index in [-0.39, 0.29) is 5.56 Å². The molecule has 4 nitrogen and oxygen atoms in total. The lowest BCUT2D eigenvalue weighted by Gasteiger charge is -2.11. The Morgan fingerprint density at radius 1 is 0.957 bits per heavy atom. The molecule has 0 amide bonds. The van der Waals surface area contributed by atoms with Gasteiger partial charge in [-0.15, -0.1) is 0 Å². The molecular formula is C18H16ClN3O. The Morgan fingerprint density at radius 2 is 1.57 bits per heavy atom. The summed E-state index contributed by atoms with van der Waals surface area (Å²) in [7, 11) is 0. The van der Waals surface area contributed by atoms with Gasteiger partial charge < -0.3 is 5.32 Å². The monoisotopic (exact) mass is 325 g/mol. The number of nitrogens with zero attached hydrogens (tertiary/aromatic N) is 2. The topological polar surface area (TPSA) is 46.9 Å². The Bertz CT molecular complexity index is 832. The molecule has 23 heavy (non-hydrogen) atoms. The molecule has 1 aromatic heterocycles. The van der Waals surface area contributed by atoms with Crippen molar-refractivity contribution in [3.05, 3.63) is 93.4 Å². The molecule has 0 unspecified atom stereocenters. The van der Waals surface area contributed by atoms with Crippen LogP contribution in [0.2, 0.25) is 5.02 Å². The third-order valence-electron chi connectivity index (χ3n) is 3.48. The van der Waals surface area contributed by atoms with E-state index in [1.807, 2.05) is 60.7 Å². The molecule has 3 aromatic rings. The smallest absolute Gasteiger partial charge is 0.291 e. The summed E-state index contributed by atoms with van der Waals surface area (Å²) in [6, 6.07) is 19.6. The number of rotatable bonds is 5. The molecule has 3 rings (SSSR count). The number of hydrogen-bond donors (Lipinski definition) is 1. The average molecular weight is 326 g/mol. The van der Waals surface area contributed by atoms with Crippen molar-refractivity contribution in [1.82, 2.24) is 9.78 Å². The zero-order valence-corrected chi connectivity index (χ0v) is 13.2. The predicted molar refractivity (Wildman–Crippen MR) is 92.8 cm³/mol. The van der Waals surface area contributed by atoms with E-state index < -0.39 is 0 Å². The molecule has 0 aliphatic carbocycles. The molecular weight excluding hydrogens is 310 g/mol. The van der Waals surface area contributed by atoms with Gasteiger partial charge in [-0.3, -0.25) is 4.79 Å². The van der Waals surface area contributed by atoms with Crippen LogP contribution in [0.1, 0.15) is 11.1 Å². The second-order valence-electron chi connectivity index (χ2n) is 5.16. The van der Waals surface area contributed by atoms with Gasteiger partial charge in [-0.2, -0.15) is 5.10 Å². The van der Waals surface area contributed by atoms with Crippen LogP contribution in [0.5, 0.6) is 0 Å². The van der Waals surface area contributed by atoms with E-state index in [0.29, 0.717) is 23.8 Å². The first kappa shape index (κ1) is 15.3. The van der Waals surface area contributed by atoms with Crippen LogP contribution in [-0.4, -0.2) is 9.78 Å². The first-order chi connectivity index (χ1) is 11.2. The van der Waals surface area contributed by atoms with E-state index in [1.54, 1.807) is 0 Å². The zero-order valence-electron chi connectivity index (χ0n) is 12.4. The number of anilines is 1. The van der Waals surface area contributed by atoms with Gasteiger partial charge in [0.2, 0.25) is 0 Å². The molecule has 0 saturated heterocycles. The minimum Gasteiger partial charge on any atom is -0.375 e. The quantitative estimate of drug-likeness (QED) is 0.780. The van der Waals surface area contributed by atoms with Gasteiger partial charge in [0, 0.05) is 6.54 Å². The standard InChI is InChI=1S/C18H16ClN3O/c19-16-12-21-22(13-15-9-5-2-6-10-15)18(23)17(16)20-11-14-7-3-1-4-8-14/h1-10,12,20H,11,13H2. The first-order valence-electron chi connectivity index (χ1n) is 7.31. The highest BCUT2D eigenvalue weighted by atomic mass is 35.5. The van der Waals surface area contributed by atoms with E-state index in [4.69, 9.17) is 11.6 Å². The highest BCUT2D eigenvalue weighted by molar-refractivity contribution is 6.32. The Morgan fingerprint density at radius 3 is 2.22 bits per heavy atom. The minimum atomic E-state index is -0.225. The van der Waals surface area contributed by atoms with Crippen LogP contribution in [0, 0.1) is 0 Å². The Hall–Kier alpha value is -2.59. The number of aromatic nitrogens is 2. The molecule has 1 N–H and O–H groups in total. The van der Waals surface area contributed by atoms with Crippen LogP contribution in [-0.2, 0) is 13.1 Å². The van der Waals surface area contributed by atoms with Crippen LogP contribution >= 0.6 is 11.6 Å². The fraction of sp³-hybridized carbons (Fsp3) is 0.111. The van der Waals surface area contributed by atoms with Crippen molar-refractivity contribution in [2.24, 2.45) is 0 Å². The molecule has 0 aliphatic heterocycles. The molecule has 0 radical (unpaired) electrons. The van der Waals surface area contributed by atoms with E-state index in [2.05, 4.69) is 10.4 Å². The number of nitrogens with one attached hydrogen (secondary N) is 1. The molecule has 0 atom stereocenters. The fourth-order valence-electron chi connectivity index (χ4n) is 2.28. The summed E-state index contributed by atoms with van der Waals surface area (Å²) in [5.74, 6) is 0. The van der Waals surface area contributed by atoms with Crippen molar-refractivity contribution >= 4 is 17.3 Å². The molecule has 0 fully saturated rings. The van der Waals surface area contributed by atoms with Gasteiger partial charge in [0.05, 0.1) is 17.8 Å². The second-order valence-corrected chi connectivity index (χ2v) is 5.56. The lowest BCUT2D eigenvalue weighted by molar-refractivity contribution is 0.640. The minimum absolute atomic E-state index is 0.225. The zero-order chi connectivity index (χ0) is 16.1. The molecule has 0 saturated carbocycles. The third kappa shape index (κ3) is 3.79. The number of halogens is 1. The van der Waals surface area contributed by atoms with Crippen LogP contribution in [0.4, 0.5) is 5.69 Å². The maximum Gasteiger partial charge on any atom is 0.291 e. The largest absolute Gasteiger partial charge is 0.375 e. The Balaban J connectivity index is 1.83. The summed E-state index contributed by atoms with van der Waals surface area (Å²) in [6.45, 7) is 0.946. The van der Waals surface area contributed by atoms with Crippen molar-refractivity contribution < 1.29 is 0 Å². The van der Waals surface area contributed by atoms with Crippen molar-refractivity contribution in [1.29, 1.82) is 0 Å². The van der Waals surface area contributed by atoms with Crippen LogP contribution in [0.25, 0.3) is 0 Å². The van der Waals surface area contributed by atoms with Gasteiger partial charge in [-0.25, -0.2) is 4.68 Å².